The Morgan fingerprint density at radius 3 is 1.29 bits per heavy atom. The number of hydrogen-bond acceptors (Lipinski definition) is 11. The third-order valence-electron chi connectivity index (χ3n) is 11.7. The monoisotopic (exact) mass is 989 g/mol. The van der Waals surface area contributed by atoms with Gasteiger partial charge >= 0.3 is 11.9 Å². The van der Waals surface area contributed by atoms with Gasteiger partial charge in [-0.2, -0.15) is 8.42 Å². The van der Waals surface area contributed by atoms with Crippen molar-refractivity contribution >= 4 is 10.1 Å². The largest absolute Gasteiger partial charge is 0.504 e. The molecule has 2 heterocycles. The van der Waals surface area contributed by atoms with Gasteiger partial charge in [0.05, 0.1) is 32.7 Å². The number of allylic oxidation sites excluding steroid dienone is 4. The lowest BCUT2D eigenvalue weighted by molar-refractivity contribution is -0.267. The molecule has 0 spiro atoms. The summed E-state index contributed by atoms with van der Waals surface area (Å²) in [7, 11) is -3.25. The highest BCUT2D eigenvalue weighted by Gasteiger charge is 2.40. The van der Waals surface area contributed by atoms with E-state index in [0.717, 1.165) is 31.3 Å². The average molecular weight is 989 g/mol. The van der Waals surface area contributed by atoms with Gasteiger partial charge in [0.15, 0.2) is 23.0 Å². The van der Waals surface area contributed by atoms with E-state index in [4.69, 9.17) is 37.3 Å². The van der Waals surface area contributed by atoms with Crippen LogP contribution in [0, 0.1) is 0 Å². The van der Waals surface area contributed by atoms with E-state index in [2.05, 4.69) is 38.2 Å². The summed E-state index contributed by atoms with van der Waals surface area (Å²) in [6, 6.07) is 10.7. The van der Waals surface area contributed by atoms with E-state index in [1.807, 2.05) is 32.0 Å². The van der Waals surface area contributed by atoms with E-state index in [1.165, 1.54) is 161 Å². The maximum Gasteiger partial charge on any atom is 0.369 e. The van der Waals surface area contributed by atoms with Crippen molar-refractivity contribution in [1.82, 2.24) is 0 Å². The van der Waals surface area contributed by atoms with Gasteiger partial charge < -0.3 is 38.3 Å². The lowest BCUT2D eigenvalue weighted by Gasteiger charge is -2.21. The number of benzene rings is 2. The first kappa shape index (κ1) is 61.7. The number of ether oxygens (including phenoxy) is 7. The van der Waals surface area contributed by atoms with Gasteiger partial charge in [-0.3, -0.25) is 4.18 Å². The summed E-state index contributed by atoms with van der Waals surface area (Å²) >= 11 is 0. The fourth-order valence-corrected chi connectivity index (χ4v) is 8.44. The van der Waals surface area contributed by atoms with Crippen LogP contribution in [0.4, 0.5) is 0 Å². The minimum absolute atomic E-state index is 0.0610. The van der Waals surface area contributed by atoms with Gasteiger partial charge in [-0.25, -0.2) is 0 Å². The molecule has 1 N–H and O–H groups in total. The first-order valence-electron chi connectivity index (χ1n) is 27.1. The quantitative estimate of drug-likeness (QED) is 0.0392. The average Bonchev–Trinajstić information content (AvgIpc) is 3.85. The van der Waals surface area contributed by atoms with Crippen LogP contribution in [-0.4, -0.2) is 58.2 Å². The Labute approximate surface area is 420 Å². The summed E-state index contributed by atoms with van der Waals surface area (Å²) in [5, 5.41) is 9.47. The third kappa shape index (κ3) is 30.1. The normalized spacial score (nSPS) is 17.0. The lowest BCUT2D eigenvalue weighted by atomic mass is 10.1. The van der Waals surface area contributed by atoms with Crippen LogP contribution in [-0.2, 0) is 23.8 Å². The molecule has 2 aliphatic heterocycles. The van der Waals surface area contributed by atoms with Crippen molar-refractivity contribution in [2.24, 2.45) is 0 Å². The van der Waals surface area contributed by atoms with Crippen molar-refractivity contribution in [2.75, 3.05) is 32.7 Å². The first-order chi connectivity index (χ1) is 33.4. The molecule has 11 nitrogen and oxygen atoms in total. The number of unbranched alkanes of at least 4 members (excludes halogenated alkanes) is 24. The molecule has 4 rings (SSSR count). The van der Waals surface area contributed by atoms with Crippen LogP contribution >= 0.6 is 0 Å². The van der Waals surface area contributed by atoms with Crippen molar-refractivity contribution in [3.05, 3.63) is 60.7 Å². The van der Waals surface area contributed by atoms with Gasteiger partial charge in [-0.05, 0) is 102 Å². The highest BCUT2D eigenvalue weighted by molar-refractivity contribution is 7.85. The van der Waals surface area contributed by atoms with Gasteiger partial charge in [0.25, 0.3) is 10.1 Å². The highest BCUT2D eigenvalue weighted by atomic mass is 32.2. The maximum absolute atomic E-state index is 10.8. The zero-order valence-corrected chi connectivity index (χ0v) is 45.2. The summed E-state index contributed by atoms with van der Waals surface area (Å²) in [5.74, 6) is 0.789. The van der Waals surface area contributed by atoms with Gasteiger partial charge in [0, 0.05) is 13.8 Å². The van der Waals surface area contributed by atoms with Crippen molar-refractivity contribution in [3.8, 4) is 34.5 Å². The van der Waals surface area contributed by atoms with E-state index >= 15 is 0 Å². The Morgan fingerprint density at radius 1 is 0.493 bits per heavy atom. The molecule has 0 aliphatic carbocycles. The third-order valence-corrected chi connectivity index (χ3v) is 12.3. The highest BCUT2D eigenvalue weighted by Crippen LogP contribution is 2.47. The number of rotatable bonds is 38. The molecule has 2 aromatic carbocycles. The molecule has 2 aromatic rings. The number of fused-ring (bicyclic) bond motifs is 2. The molecule has 2 aliphatic rings. The van der Waals surface area contributed by atoms with Gasteiger partial charge in [0.2, 0.25) is 11.5 Å². The zero-order valence-electron chi connectivity index (χ0n) is 44.3. The second-order valence-corrected chi connectivity index (χ2v) is 20.1. The number of phenols is 1. The molecule has 0 amide bonds. The van der Waals surface area contributed by atoms with Crippen LogP contribution in [0.3, 0.4) is 0 Å². The Balaban J connectivity index is 0.000000383. The maximum atomic E-state index is 10.8. The molecule has 0 saturated heterocycles. The predicted octanol–water partition coefficient (Wildman–Crippen LogP) is 16.5. The molecule has 0 fully saturated rings. The van der Waals surface area contributed by atoms with Gasteiger partial charge in [0.1, 0.15) is 0 Å². The van der Waals surface area contributed by atoms with E-state index in [-0.39, 0.29) is 5.75 Å². The summed E-state index contributed by atoms with van der Waals surface area (Å²) in [5.41, 5.74) is 0. The molecular formula is C57H96O11S. The van der Waals surface area contributed by atoms with Crippen LogP contribution in [0.15, 0.2) is 60.7 Å². The Hall–Kier alpha value is -3.45. The number of aromatic hydroxyl groups is 1. The second-order valence-electron chi connectivity index (χ2n) is 18.4. The molecule has 69 heavy (non-hydrogen) atoms. The molecule has 0 bridgehead atoms. The standard InChI is InChI=1S/C28H46O4.C19H38O3S.C10H12O4/c1-4-6-7-8-9-10-11-12-13-14-15-16-17-18-19-20-24-29-25-22-21-23-26-27(25)32-28(3,31-26)30-5-2;1-3-4-5-6-7-8-9-10-11-12-13-14-15-16-17-18-19-22-23(2,20)21;1-3-12-10(2)13-8-6-4-5-7(11)9(8)14-10/h12-13,21-23H,4-11,14-20,24H2,1-3H3;10-11H,3-9,12-19H2,1-2H3;4-6,11H,3H2,1-2H3/b13-12-;11-10-;. The molecule has 0 saturated carbocycles. The molecule has 0 radical (unpaired) electrons. The van der Waals surface area contributed by atoms with Crippen molar-refractivity contribution < 1.29 is 50.9 Å². The summed E-state index contributed by atoms with van der Waals surface area (Å²) in [6.45, 7) is 13.8. The van der Waals surface area contributed by atoms with E-state index in [1.54, 1.807) is 32.0 Å². The topological polar surface area (TPSA) is 128 Å². The first-order valence-corrected chi connectivity index (χ1v) is 29.0. The van der Waals surface area contributed by atoms with Crippen LogP contribution in [0.25, 0.3) is 0 Å². The Kier molecular flexibility index (Phi) is 34.2. The minimum Gasteiger partial charge on any atom is -0.504 e. The molecule has 2 atom stereocenters. The Morgan fingerprint density at radius 2 is 0.870 bits per heavy atom. The van der Waals surface area contributed by atoms with E-state index < -0.39 is 22.1 Å². The molecule has 12 heteroatoms. The molecule has 0 aromatic heterocycles. The lowest BCUT2D eigenvalue weighted by Crippen LogP contribution is -2.37. The predicted molar refractivity (Wildman–Crippen MR) is 282 cm³/mol. The molecule has 2 unspecified atom stereocenters. The SMILES string of the molecule is CCCCCCCC/C=C\CCCCCCCCOS(C)(=O)=O.CCCCCCCC/C=C\CCCCCCCCOc1cccc2c1OC(C)(OCC)O2.CCOC1(C)Oc2cccc(O)c2O1. The summed E-state index contributed by atoms with van der Waals surface area (Å²) < 4.78 is 65.5. The van der Waals surface area contributed by atoms with Crippen LogP contribution in [0.5, 0.6) is 34.5 Å². The van der Waals surface area contributed by atoms with E-state index in [0.29, 0.717) is 49.4 Å². The fourth-order valence-electron chi connectivity index (χ4n) is 8.02. The van der Waals surface area contributed by atoms with Gasteiger partial charge in [-0.15, -0.1) is 0 Å². The van der Waals surface area contributed by atoms with Crippen LogP contribution < -0.4 is 23.7 Å². The Bertz CT molecular complexity index is 1750. The number of para-hydroxylation sites is 2. The fraction of sp³-hybridized carbons (Fsp3) is 0.719. The minimum atomic E-state index is -3.25. The summed E-state index contributed by atoms with van der Waals surface area (Å²) in [4.78, 5) is 0. The number of phenolic OH excluding ortho intramolecular Hbond substituents is 1. The number of hydrogen-bond donors (Lipinski definition) is 1. The molecular weight excluding hydrogens is 893 g/mol. The summed E-state index contributed by atoms with van der Waals surface area (Å²) in [6.07, 6.45) is 46.4. The smallest absolute Gasteiger partial charge is 0.369 e. The van der Waals surface area contributed by atoms with Crippen molar-refractivity contribution in [1.29, 1.82) is 0 Å². The van der Waals surface area contributed by atoms with Crippen LogP contribution in [0.1, 0.15) is 221 Å². The van der Waals surface area contributed by atoms with Crippen LogP contribution in [0.2, 0.25) is 0 Å². The van der Waals surface area contributed by atoms with Gasteiger partial charge in [-0.1, -0.05) is 166 Å². The van der Waals surface area contributed by atoms with Crippen molar-refractivity contribution in [2.45, 2.75) is 233 Å². The van der Waals surface area contributed by atoms with Crippen molar-refractivity contribution in [3.63, 3.8) is 0 Å². The second kappa shape index (κ2) is 38.3. The molecule has 396 valence electrons. The van der Waals surface area contributed by atoms with E-state index in [9.17, 15) is 13.5 Å². The zero-order chi connectivity index (χ0) is 50.3.